The van der Waals surface area contributed by atoms with Crippen LogP contribution in [0.25, 0.3) is 0 Å². The lowest BCUT2D eigenvalue weighted by Gasteiger charge is -1.81. The van der Waals surface area contributed by atoms with Crippen molar-refractivity contribution in [1.82, 2.24) is 0 Å². The van der Waals surface area contributed by atoms with Crippen LogP contribution in [0.15, 0.2) is 16.4 Å². The fourth-order valence-electron chi connectivity index (χ4n) is 0.868. The molecule has 0 spiro atoms. The van der Waals surface area contributed by atoms with Gasteiger partial charge in [0.25, 0.3) is 0 Å². The van der Waals surface area contributed by atoms with Crippen LogP contribution < -0.4 is 0 Å². The van der Waals surface area contributed by atoms with Crippen molar-refractivity contribution in [1.29, 1.82) is 0 Å². The molecule has 1 aliphatic rings. The van der Waals surface area contributed by atoms with Crippen molar-refractivity contribution < 1.29 is 0 Å². The van der Waals surface area contributed by atoms with Gasteiger partial charge in [-0.05, 0) is 39.6 Å². The Balaban J connectivity index is 2.62. The molecule has 2 rings (SSSR count). The first kappa shape index (κ1) is 5.85. The molecule has 1 aromatic rings. The summed E-state index contributed by atoms with van der Waals surface area (Å²) in [4.78, 5) is 5.65. The number of aliphatic imine (C=N–C) groups is 1. The average molecular weight is 249 g/mol. The first-order valence-electron chi connectivity index (χ1n) is 2.64. The summed E-state index contributed by atoms with van der Waals surface area (Å²) in [6.07, 6.45) is 0. The summed E-state index contributed by atoms with van der Waals surface area (Å²) < 4.78 is 1.18. The van der Waals surface area contributed by atoms with Gasteiger partial charge in [0.15, 0.2) is 0 Å². The highest BCUT2D eigenvalue weighted by Gasteiger charge is 2.13. The van der Waals surface area contributed by atoms with Crippen molar-refractivity contribution in [2.45, 2.75) is 6.54 Å². The molecule has 1 aliphatic heterocycles. The second-order valence-corrected chi connectivity index (χ2v) is 3.82. The van der Waals surface area contributed by atoms with E-state index in [0.29, 0.717) is 0 Å². The van der Waals surface area contributed by atoms with Crippen molar-refractivity contribution in [3.05, 3.63) is 21.9 Å². The Hall–Kier alpha value is 0.1000. The largest absolute Gasteiger partial charge is 0.273 e. The molecule has 2 heterocycles. The fraction of sp³-hybridized carbons (Fsp3) is 0.167. The summed E-state index contributed by atoms with van der Waals surface area (Å²) in [5.41, 5.74) is 1.39. The first-order chi connectivity index (χ1) is 4.38. The topological polar surface area (TPSA) is 12.4 Å². The van der Waals surface area contributed by atoms with Gasteiger partial charge in [-0.1, -0.05) is 0 Å². The normalized spacial score (nSPS) is 15.4. The second kappa shape index (κ2) is 2.05. The number of hydrogen-bond donors (Lipinski definition) is 0. The van der Waals surface area contributed by atoms with Crippen LogP contribution in [0.5, 0.6) is 0 Å². The van der Waals surface area contributed by atoms with E-state index >= 15 is 0 Å². The molecular formula is C6H4INS. The number of nitrogens with zero attached hydrogens (tertiary/aromatic N) is 1. The summed E-state index contributed by atoms with van der Waals surface area (Å²) >= 11 is 4.06. The molecule has 0 fully saturated rings. The monoisotopic (exact) mass is 249 g/mol. The molecule has 0 saturated heterocycles. The van der Waals surface area contributed by atoms with Gasteiger partial charge in [-0.15, -0.1) is 11.3 Å². The Bertz CT molecular complexity index is 264. The van der Waals surface area contributed by atoms with Crippen LogP contribution in [-0.4, -0.2) is 3.72 Å². The van der Waals surface area contributed by atoms with E-state index in [1.807, 2.05) is 0 Å². The predicted octanol–water partition coefficient (Wildman–Crippen LogP) is 2.44. The molecule has 1 nitrogen and oxygen atoms in total. The lowest BCUT2D eigenvalue weighted by Crippen LogP contribution is -1.77. The third-order valence-corrected chi connectivity index (χ3v) is 3.53. The molecule has 9 heavy (non-hydrogen) atoms. The Morgan fingerprint density at radius 1 is 1.67 bits per heavy atom. The zero-order valence-electron chi connectivity index (χ0n) is 4.60. The maximum atomic E-state index is 4.28. The molecule has 0 amide bonds. The molecular weight excluding hydrogens is 245 g/mol. The zero-order chi connectivity index (χ0) is 6.27. The molecule has 0 bridgehead atoms. The van der Waals surface area contributed by atoms with Gasteiger partial charge in [-0.2, -0.15) is 0 Å². The highest BCUT2D eigenvalue weighted by atomic mass is 127. The van der Waals surface area contributed by atoms with Crippen molar-refractivity contribution in [3.63, 3.8) is 0 Å². The van der Waals surface area contributed by atoms with Gasteiger partial charge in [0, 0.05) is 0 Å². The smallest absolute Gasteiger partial charge is 0.113 e. The zero-order valence-corrected chi connectivity index (χ0v) is 7.57. The van der Waals surface area contributed by atoms with Gasteiger partial charge in [0.05, 0.1) is 11.4 Å². The van der Waals surface area contributed by atoms with Crippen LogP contribution in [0.2, 0.25) is 0 Å². The molecule has 3 heteroatoms. The highest BCUT2D eigenvalue weighted by Crippen LogP contribution is 2.26. The third-order valence-electron chi connectivity index (χ3n) is 1.32. The molecule has 0 aliphatic carbocycles. The van der Waals surface area contributed by atoms with Crippen LogP contribution in [0, 0.1) is 0 Å². The number of thiophene rings is 1. The van der Waals surface area contributed by atoms with Crippen LogP contribution >= 0.6 is 33.9 Å². The molecule has 0 unspecified atom stereocenters. The minimum atomic E-state index is 0.900. The van der Waals surface area contributed by atoms with Gasteiger partial charge < -0.3 is 0 Å². The van der Waals surface area contributed by atoms with Gasteiger partial charge in [-0.3, -0.25) is 4.99 Å². The molecule has 46 valence electrons. The predicted molar refractivity (Wildman–Crippen MR) is 48.6 cm³/mol. The van der Waals surface area contributed by atoms with E-state index < -0.39 is 0 Å². The molecule has 0 saturated carbocycles. The van der Waals surface area contributed by atoms with E-state index in [9.17, 15) is 0 Å². The van der Waals surface area contributed by atoms with Crippen molar-refractivity contribution >= 4 is 37.6 Å². The maximum absolute atomic E-state index is 4.28. The summed E-state index contributed by atoms with van der Waals surface area (Å²) in [5.74, 6) is 0. The standard InChI is InChI=1S/C6H4INS/c7-6-5-4(3-8-6)1-2-9-5/h1-2H,3H2. The molecule has 0 atom stereocenters. The van der Waals surface area contributed by atoms with Gasteiger partial charge in [0.2, 0.25) is 0 Å². The number of fused-ring (bicyclic) bond motifs is 1. The SMILES string of the molecule is IC1=NCc2ccsc21. The van der Waals surface area contributed by atoms with E-state index in [1.54, 1.807) is 11.3 Å². The van der Waals surface area contributed by atoms with Crippen molar-refractivity contribution in [2.24, 2.45) is 4.99 Å². The third kappa shape index (κ3) is 0.826. The van der Waals surface area contributed by atoms with Gasteiger partial charge in [0.1, 0.15) is 3.72 Å². The minimum Gasteiger partial charge on any atom is -0.273 e. The van der Waals surface area contributed by atoms with Gasteiger partial charge in [-0.25, -0.2) is 0 Å². The molecule has 1 aromatic heterocycles. The quantitative estimate of drug-likeness (QED) is 0.626. The Kier molecular flexibility index (Phi) is 1.34. The summed E-state index contributed by atoms with van der Waals surface area (Å²) in [5, 5.41) is 2.12. The van der Waals surface area contributed by atoms with Crippen LogP contribution in [0.1, 0.15) is 10.4 Å². The van der Waals surface area contributed by atoms with Crippen LogP contribution in [0.3, 0.4) is 0 Å². The minimum absolute atomic E-state index is 0.900. The van der Waals surface area contributed by atoms with Crippen LogP contribution in [0.4, 0.5) is 0 Å². The number of hydrogen-bond acceptors (Lipinski definition) is 2. The van der Waals surface area contributed by atoms with E-state index in [-0.39, 0.29) is 0 Å². The number of halogens is 1. The van der Waals surface area contributed by atoms with Gasteiger partial charge >= 0.3 is 0 Å². The van der Waals surface area contributed by atoms with Crippen LogP contribution in [-0.2, 0) is 6.54 Å². The van der Waals surface area contributed by atoms with E-state index in [2.05, 4.69) is 39.0 Å². The molecule has 0 N–H and O–H groups in total. The van der Waals surface area contributed by atoms with Crippen molar-refractivity contribution in [3.8, 4) is 0 Å². The summed E-state index contributed by atoms with van der Waals surface area (Å²) in [6, 6.07) is 2.15. The van der Waals surface area contributed by atoms with E-state index in [4.69, 9.17) is 0 Å². The van der Waals surface area contributed by atoms with E-state index in [0.717, 1.165) is 6.54 Å². The lowest BCUT2D eigenvalue weighted by atomic mass is 10.3. The van der Waals surface area contributed by atoms with E-state index in [1.165, 1.54) is 14.2 Å². The fourth-order valence-corrected chi connectivity index (χ4v) is 2.58. The Morgan fingerprint density at radius 2 is 2.56 bits per heavy atom. The molecule has 0 radical (unpaired) electrons. The summed E-state index contributed by atoms with van der Waals surface area (Å²) in [6.45, 7) is 0.900. The molecule has 0 aromatic carbocycles. The highest BCUT2D eigenvalue weighted by molar-refractivity contribution is 14.1. The Labute approximate surface area is 71.0 Å². The second-order valence-electron chi connectivity index (χ2n) is 1.88. The Morgan fingerprint density at radius 3 is 3.33 bits per heavy atom. The summed E-state index contributed by atoms with van der Waals surface area (Å²) in [7, 11) is 0. The van der Waals surface area contributed by atoms with Crippen molar-refractivity contribution in [2.75, 3.05) is 0 Å². The lowest BCUT2D eigenvalue weighted by molar-refractivity contribution is 1.12. The average Bonchev–Trinajstić information content (AvgIpc) is 2.35. The maximum Gasteiger partial charge on any atom is 0.113 e. The number of rotatable bonds is 0. The first-order valence-corrected chi connectivity index (χ1v) is 4.60.